The Morgan fingerprint density at radius 2 is 1.57 bits per heavy atom. The normalized spacial score (nSPS) is 13.6. The van der Waals surface area contributed by atoms with Crippen LogP contribution in [0.25, 0.3) is 0 Å². The smallest absolute Gasteiger partial charge is 0.161 e. The van der Waals surface area contributed by atoms with Gasteiger partial charge >= 0.3 is 0 Å². The van der Waals surface area contributed by atoms with Crippen LogP contribution in [0.5, 0.6) is 11.5 Å². The van der Waals surface area contributed by atoms with Gasteiger partial charge in [-0.15, -0.1) is 0 Å². The summed E-state index contributed by atoms with van der Waals surface area (Å²) in [5.41, 5.74) is 10.6. The van der Waals surface area contributed by atoms with E-state index in [1.165, 1.54) is 11.1 Å². The number of aryl methyl sites for hydroxylation is 2. The molecular formula is C18H23NO2. The topological polar surface area (TPSA) is 44.5 Å². The van der Waals surface area contributed by atoms with E-state index in [1.807, 2.05) is 25.1 Å². The average Bonchev–Trinajstić information content (AvgIpc) is 2.48. The van der Waals surface area contributed by atoms with Gasteiger partial charge in [-0.3, -0.25) is 0 Å². The molecule has 1 atom stereocenters. The maximum Gasteiger partial charge on any atom is 0.161 e. The summed E-state index contributed by atoms with van der Waals surface area (Å²) in [6.45, 7) is 6.18. The molecule has 0 spiro atoms. The van der Waals surface area contributed by atoms with Crippen LogP contribution in [0.2, 0.25) is 0 Å². The molecule has 0 radical (unpaired) electrons. The molecule has 112 valence electrons. The summed E-state index contributed by atoms with van der Waals surface area (Å²) >= 11 is 0. The van der Waals surface area contributed by atoms with Crippen molar-refractivity contribution in [2.45, 2.75) is 26.3 Å². The van der Waals surface area contributed by atoms with Gasteiger partial charge in [-0.2, -0.15) is 0 Å². The zero-order chi connectivity index (χ0) is 15.6. The second kappa shape index (κ2) is 5.78. The van der Waals surface area contributed by atoms with E-state index in [1.54, 1.807) is 14.2 Å². The van der Waals surface area contributed by atoms with Gasteiger partial charge in [0.1, 0.15) is 0 Å². The van der Waals surface area contributed by atoms with Crippen molar-refractivity contribution in [1.82, 2.24) is 0 Å². The highest BCUT2D eigenvalue weighted by Crippen LogP contribution is 2.35. The summed E-state index contributed by atoms with van der Waals surface area (Å²) in [7, 11) is 3.26. The Labute approximate surface area is 126 Å². The van der Waals surface area contributed by atoms with Crippen LogP contribution in [0.1, 0.15) is 29.2 Å². The molecular weight excluding hydrogens is 262 g/mol. The molecule has 0 heterocycles. The zero-order valence-corrected chi connectivity index (χ0v) is 13.4. The molecule has 0 bridgehead atoms. The van der Waals surface area contributed by atoms with Crippen molar-refractivity contribution in [3.05, 3.63) is 58.7 Å². The predicted octanol–water partition coefficient (Wildman–Crippen LogP) is 3.54. The number of rotatable bonds is 4. The summed E-state index contributed by atoms with van der Waals surface area (Å²) in [6, 6.07) is 12.2. The summed E-state index contributed by atoms with van der Waals surface area (Å²) in [5, 5.41) is 0. The minimum Gasteiger partial charge on any atom is -0.493 e. The van der Waals surface area contributed by atoms with Gasteiger partial charge in [-0.05, 0) is 49.6 Å². The van der Waals surface area contributed by atoms with E-state index in [0.29, 0.717) is 11.5 Å². The van der Waals surface area contributed by atoms with Gasteiger partial charge in [0.25, 0.3) is 0 Å². The Kier molecular flexibility index (Phi) is 4.24. The molecule has 2 rings (SSSR count). The highest BCUT2D eigenvalue weighted by atomic mass is 16.5. The predicted molar refractivity (Wildman–Crippen MR) is 86.1 cm³/mol. The second-order valence-corrected chi connectivity index (χ2v) is 5.59. The summed E-state index contributed by atoms with van der Waals surface area (Å²) in [4.78, 5) is 0. The van der Waals surface area contributed by atoms with Crippen LogP contribution in [-0.4, -0.2) is 14.2 Å². The van der Waals surface area contributed by atoms with Crippen LogP contribution < -0.4 is 15.2 Å². The molecule has 0 amide bonds. The lowest BCUT2D eigenvalue weighted by Gasteiger charge is -2.29. The van der Waals surface area contributed by atoms with Gasteiger partial charge in [-0.25, -0.2) is 0 Å². The second-order valence-electron chi connectivity index (χ2n) is 5.59. The fourth-order valence-corrected chi connectivity index (χ4v) is 2.61. The number of ether oxygens (including phenoxy) is 2. The van der Waals surface area contributed by atoms with Crippen molar-refractivity contribution in [3.8, 4) is 11.5 Å². The Morgan fingerprint density at radius 1 is 0.905 bits per heavy atom. The minimum absolute atomic E-state index is 0.588. The Bertz CT molecular complexity index is 648. The molecule has 0 aliphatic rings. The van der Waals surface area contributed by atoms with Gasteiger partial charge in [0.15, 0.2) is 11.5 Å². The summed E-state index contributed by atoms with van der Waals surface area (Å²) in [5.74, 6) is 1.40. The van der Waals surface area contributed by atoms with Crippen LogP contribution in [-0.2, 0) is 5.54 Å². The van der Waals surface area contributed by atoms with Gasteiger partial charge in [0, 0.05) is 0 Å². The molecule has 1 unspecified atom stereocenters. The van der Waals surface area contributed by atoms with Crippen LogP contribution >= 0.6 is 0 Å². The Morgan fingerprint density at radius 3 is 2.19 bits per heavy atom. The third kappa shape index (κ3) is 2.88. The van der Waals surface area contributed by atoms with Crippen LogP contribution in [0.3, 0.4) is 0 Å². The Hall–Kier alpha value is -2.00. The molecule has 3 heteroatoms. The molecule has 3 nitrogen and oxygen atoms in total. The molecule has 0 saturated heterocycles. The van der Waals surface area contributed by atoms with E-state index in [0.717, 1.165) is 11.1 Å². The van der Waals surface area contributed by atoms with E-state index in [4.69, 9.17) is 15.2 Å². The number of hydrogen-bond acceptors (Lipinski definition) is 3. The maximum absolute atomic E-state index is 6.65. The monoisotopic (exact) mass is 285 g/mol. The molecule has 21 heavy (non-hydrogen) atoms. The number of nitrogens with two attached hydrogens (primary N) is 1. The average molecular weight is 285 g/mol. The van der Waals surface area contributed by atoms with Crippen LogP contribution in [0.15, 0.2) is 36.4 Å². The molecule has 0 saturated carbocycles. The van der Waals surface area contributed by atoms with Gasteiger partial charge < -0.3 is 15.2 Å². The third-order valence-corrected chi connectivity index (χ3v) is 3.94. The first kappa shape index (κ1) is 15.4. The summed E-state index contributed by atoms with van der Waals surface area (Å²) < 4.78 is 10.7. The SMILES string of the molecule is COc1ccc(C(C)(N)c2cc(C)ccc2C)cc1OC. The molecule has 2 aromatic carbocycles. The van der Waals surface area contributed by atoms with Crippen molar-refractivity contribution in [2.75, 3.05) is 14.2 Å². The van der Waals surface area contributed by atoms with Crippen molar-refractivity contribution in [1.29, 1.82) is 0 Å². The maximum atomic E-state index is 6.65. The number of methoxy groups -OCH3 is 2. The quantitative estimate of drug-likeness (QED) is 0.934. The highest BCUT2D eigenvalue weighted by molar-refractivity contribution is 5.49. The van der Waals surface area contributed by atoms with Gasteiger partial charge in [-0.1, -0.05) is 29.8 Å². The molecule has 0 aliphatic heterocycles. The van der Waals surface area contributed by atoms with Crippen molar-refractivity contribution in [2.24, 2.45) is 5.73 Å². The van der Waals surface area contributed by atoms with Gasteiger partial charge in [0.05, 0.1) is 19.8 Å². The van der Waals surface area contributed by atoms with E-state index in [2.05, 4.69) is 32.0 Å². The Balaban J connectivity index is 2.55. The zero-order valence-electron chi connectivity index (χ0n) is 13.4. The molecule has 2 aromatic rings. The van der Waals surface area contributed by atoms with Crippen molar-refractivity contribution in [3.63, 3.8) is 0 Å². The summed E-state index contributed by atoms with van der Waals surface area (Å²) in [6.07, 6.45) is 0. The fraction of sp³-hybridized carbons (Fsp3) is 0.333. The molecule has 0 aromatic heterocycles. The van der Waals surface area contributed by atoms with Crippen LogP contribution in [0.4, 0.5) is 0 Å². The van der Waals surface area contributed by atoms with Gasteiger partial charge in [0.2, 0.25) is 0 Å². The van der Waals surface area contributed by atoms with E-state index in [9.17, 15) is 0 Å². The molecule has 0 aliphatic carbocycles. The number of benzene rings is 2. The first-order valence-corrected chi connectivity index (χ1v) is 6.99. The molecule has 0 fully saturated rings. The lowest BCUT2D eigenvalue weighted by atomic mass is 9.82. The fourth-order valence-electron chi connectivity index (χ4n) is 2.61. The largest absolute Gasteiger partial charge is 0.493 e. The lowest BCUT2D eigenvalue weighted by molar-refractivity contribution is 0.353. The van der Waals surface area contributed by atoms with E-state index >= 15 is 0 Å². The molecule has 2 N–H and O–H groups in total. The van der Waals surface area contributed by atoms with Crippen molar-refractivity contribution < 1.29 is 9.47 Å². The van der Waals surface area contributed by atoms with Crippen molar-refractivity contribution >= 4 is 0 Å². The highest BCUT2D eigenvalue weighted by Gasteiger charge is 2.26. The standard InChI is InChI=1S/C18H23NO2/c1-12-6-7-13(2)15(10-12)18(3,19)14-8-9-16(20-4)17(11-14)21-5/h6-11H,19H2,1-5H3. The third-order valence-electron chi connectivity index (χ3n) is 3.94. The number of hydrogen-bond donors (Lipinski definition) is 1. The lowest BCUT2D eigenvalue weighted by Crippen LogP contribution is -2.35. The first-order chi connectivity index (χ1) is 9.90. The van der Waals surface area contributed by atoms with E-state index < -0.39 is 5.54 Å². The van der Waals surface area contributed by atoms with Crippen LogP contribution in [0, 0.1) is 13.8 Å². The van der Waals surface area contributed by atoms with E-state index in [-0.39, 0.29) is 0 Å². The minimum atomic E-state index is -0.588. The first-order valence-electron chi connectivity index (χ1n) is 6.99.